The maximum atomic E-state index is 14.0. The summed E-state index contributed by atoms with van der Waals surface area (Å²) in [5, 5.41) is 5.73. The molecule has 3 rings (SSSR count). The third kappa shape index (κ3) is 5.05. The fourth-order valence-corrected chi connectivity index (χ4v) is 3.35. The van der Waals surface area contributed by atoms with Gasteiger partial charge < -0.3 is 10.6 Å². The van der Waals surface area contributed by atoms with Crippen LogP contribution in [0.5, 0.6) is 0 Å². The molecule has 2 aliphatic rings. The average molecular weight is 376 g/mol. The second kappa shape index (κ2) is 8.35. The molecule has 1 saturated carbocycles. The normalized spacial score (nSPS) is 20.7. The van der Waals surface area contributed by atoms with Gasteiger partial charge in [-0.3, -0.25) is 19.4 Å². The zero-order chi connectivity index (χ0) is 19.6. The molecule has 2 fully saturated rings. The minimum atomic E-state index is -0.420. The molecule has 2 unspecified atom stereocenters. The number of benzene rings is 1. The predicted molar refractivity (Wildman–Crippen MR) is 103 cm³/mol. The third-order valence-electron chi connectivity index (χ3n) is 5.51. The maximum Gasteiger partial charge on any atom is 0.241 e. The Hall–Kier alpha value is -1.99. The van der Waals surface area contributed by atoms with Crippen LogP contribution in [0, 0.1) is 12.7 Å². The van der Waals surface area contributed by atoms with Crippen molar-refractivity contribution in [2.45, 2.75) is 51.7 Å². The Morgan fingerprint density at radius 2 is 1.59 bits per heavy atom. The van der Waals surface area contributed by atoms with E-state index in [4.69, 9.17) is 0 Å². The summed E-state index contributed by atoms with van der Waals surface area (Å²) in [6.45, 7) is 8.44. The molecule has 7 heteroatoms. The smallest absolute Gasteiger partial charge is 0.241 e. The first-order valence-corrected chi connectivity index (χ1v) is 9.70. The molecule has 6 nitrogen and oxygen atoms in total. The van der Waals surface area contributed by atoms with Crippen LogP contribution in [0.2, 0.25) is 0 Å². The van der Waals surface area contributed by atoms with Gasteiger partial charge in [0.05, 0.1) is 17.8 Å². The van der Waals surface area contributed by atoms with Gasteiger partial charge in [-0.1, -0.05) is 6.07 Å². The molecule has 0 bridgehead atoms. The molecule has 1 aromatic rings. The van der Waals surface area contributed by atoms with E-state index in [0.717, 1.165) is 31.5 Å². The van der Waals surface area contributed by atoms with Crippen molar-refractivity contribution in [2.24, 2.45) is 0 Å². The lowest BCUT2D eigenvalue weighted by molar-refractivity contribution is -0.128. The number of carbonyl (C=O) groups excluding carboxylic acids is 2. The van der Waals surface area contributed by atoms with Crippen LogP contribution in [-0.2, 0) is 9.59 Å². The molecule has 1 aromatic carbocycles. The number of piperazine rings is 1. The first-order chi connectivity index (χ1) is 12.8. The molecule has 1 heterocycles. The summed E-state index contributed by atoms with van der Waals surface area (Å²) < 4.78 is 14.0. The highest BCUT2D eigenvalue weighted by Gasteiger charge is 2.32. The van der Waals surface area contributed by atoms with Crippen molar-refractivity contribution < 1.29 is 14.0 Å². The highest BCUT2D eigenvalue weighted by Crippen LogP contribution is 2.20. The minimum Gasteiger partial charge on any atom is -0.352 e. The Labute approximate surface area is 160 Å². The number of rotatable bonds is 6. The van der Waals surface area contributed by atoms with Crippen LogP contribution in [0.25, 0.3) is 0 Å². The molecule has 0 aromatic heterocycles. The number of hydrogen-bond acceptors (Lipinski definition) is 4. The Morgan fingerprint density at radius 3 is 2.11 bits per heavy atom. The van der Waals surface area contributed by atoms with Crippen LogP contribution in [0.1, 0.15) is 32.3 Å². The standard InChI is InChI=1S/C20H29FN4O2/c1-13-4-7-18(17(21)12-13)23-20(27)15(3)25-10-8-24(9-11-25)14(2)19(26)22-16-5-6-16/h4,7,12,14-16H,5-6,8-11H2,1-3H3,(H,22,26)(H,23,27). The highest BCUT2D eigenvalue weighted by molar-refractivity contribution is 5.94. The Bertz CT molecular complexity index is 699. The van der Waals surface area contributed by atoms with Crippen LogP contribution >= 0.6 is 0 Å². The quantitative estimate of drug-likeness (QED) is 0.794. The lowest BCUT2D eigenvalue weighted by Gasteiger charge is -2.39. The molecule has 0 spiro atoms. The van der Waals surface area contributed by atoms with Crippen molar-refractivity contribution in [1.29, 1.82) is 0 Å². The summed E-state index contributed by atoms with van der Waals surface area (Å²) in [5.74, 6) is -0.548. The van der Waals surface area contributed by atoms with E-state index in [9.17, 15) is 14.0 Å². The molecule has 1 aliphatic heterocycles. The van der Waals surface area contributed by atoms with Gasteiger partial charge in [-0.25, -0.2) is 4.39 Å². The predicted octanol–water partition coefficient (Wildman–Crippen LogP) is 1.75. The minimum absolute atomic E-state index is 0.0894. The van der Waals surface area contributed by atoms with Gasteiger partial charge in [0.15, 0.2) is 0 Å². The zero-order valence-corrected chi connectivity index (χ0v) is 16.3. The van der Waals surface area contributed by atoms with E-state index in [-0.39, 0.29) is 29.6 Å². The van der Waals surface area contributed by atoms with Gasteiger partial charge in [-0.2, -0.15) is 0 Å². The molecule has 2 atom stereocenters. The maximum absolute atomic E-state index is 14.0. The number of halogens is 1. The van der Waals surface area contributed by atoms with Crippen LogP contribution in [0.3, 0.4) is 0 Å². The number of nitrogens with zero attached hydrogens (tertiary/aromatic N) is 2. The largest absolute Gasteiger partial charge is 0.352 e. The van der Waals surface area contributed by atoms with E-state index in [1.165, 1.54) is 6.07 Å². The van der Waals surface area contributed by atoms with Crippen molar-refractivity contribution in [3.63, 3.8) is 0 Å². The Balaban J connectivity index is 1.49. The zero-order valence-electron chi connectivity index (χ0n) is 16.3. The molecule has 148 valence electrons. The molecular weight excluding hydrogens is 347 g/mol. The van der Waals surface area contributed by atoms with Gasteiger partial charge in [0.25, 0.3) is 0 Å². The van der Waals surface area contributed by atoms with Crippen molar-refractivity contribution in [2.75, 3.05) is 31.5 Å². The number of anilines is 1. The van der Waals surface area contributed by atoms with Gasteiger partial charge in [0.2, 0.25) is 11.8 Å². The molecule has 1 saturated heterocycles. The number of nitrogens with one attached hydrogen (secondary N) is 2. The number of carbonyl (C=O) groups is 2. The highest BCUT2D eigenvalue weighted by atomic mass is 19.1. The van der Waals surface area contributed by atoms with Gasteiger partial charge in [-0.05, 0) is 51.3 Å². The number of aryl methyl sites for hydroxylation is 1. The van der Waals surface area contributed by atoms with E-state index < -0.39 is 5.82 Å². The lowest BCUT2D eigenvalue weighted by atomic mass is 10.1. The van der Waals surface area contributed by atoms with Crippen LogP contribution < -0.4 is 10.6 Å². The summed E-state index contributed by atoms with van der Waals surface area (Å²) >= 11 is 0. The molecule has 2 N–H and O–H groups in total. The molecule has 0 radical (unpaired) electrons. The SMILES string of the molecule is Cc1ccc(NC(=O)C(C)N2CCN(C(C)C(=O)NC3CC3)CC2)c(F)c1. The monoisotopic (exact) mass is 376 g/mol. The van der Waals surface area contributed by atoms with Crippen molar-refractivity contribution in [3.05, 3.63) is 29.6 Å². The Morgan fingerprint density at radius 1 is 1.04 bits per heavy atom. The first-order valence-electron chi connectivity index (χ1n) is 9.70. The Kier molecular flexibility index (Phi) is 6.11. The van der Waals surface area contributed by atoms with Crippen LogP contribution in [0.4, 0.5) is 10.1 Å². The molecule has 27 heavy (non-hydrogen) atoms. The van der Waals surface area contributed by atoms with E-state index >= 15 is 0 Å². The van der Waals surface area contributed by atoms with E-state index in [1.54, 1.807) is 12.1 Å². The second-order valence-corrected chi connectivity index (χ2v) is 7.68. The van der Waals surface area contributed by atoms with E-state index in [0.29, 0.717) is 19.1 Å². The van der Waals surface area contributed by atoms with Crippen molar-refractivity contribution >= 4 is 17.5 Å². The first kappa shape index (κ1) is 19.8. The van der Waals surface area contributed by atoms with Gasteiger partial charge in [0.1, 0.15) is 5.82 Å². The summed E-state index contributed by atoms with van der Waals surface area (Å²) in [5.41, 5.74) is 1.02. The van der Waals surface area contributed by atoms with Crippen LogP contribution in [-0.4, -0.2) is 65.9 Å². The van der Waals surface area contributed by atoms with E-state index in [2.05, 4.69) is 20.4 Å². The molecular formula is C20H29FN4O2. The summed E-state index contributed by atoms with van der Waals surface area (Å²) in [6, 6.07) is 4.63. The fraction of sp³-hybridized carbons (Fsp3) is 0.600. The lowest BCUT2D eigenvalue weighted by Crippen LogP contribution is -2.57. The molecule has 2 amide bonds. The average Bonchev–Trinajstić information content (AvgIpc) is 3.46. The van der Waals surface area contributed by atoms with Crippen LogP contribution in [0.15, 0.2) is 18.2 Å². The third-order valence-corrected chi connectivity index (χ3v) is 5.51. The van der Waals surface area contributed by atoms with E-state index in [1.807, 2.05) is 20.8 Å². The number of hydrogen-bond donors (Lipinski definition) is 2. The second-order valence-electron chi connectivity index (χ2n) is 7.68. The summed E-state index contributed by atoms with van der Waals surface area (Å²) in [6.07, 6.45) is 2.17. The van der Waals surface area contributed by atoms with Crippen molar-refractivity contribution in [1.82, 2.24) is 15.1 Å². The number of amides is 2. The van der Waals surface area contributed by atoms with Crippen molar-refractivity contribution in [3.8, 4) is 0 Å². The van der Waals surface area contributed by atoms with Gasteiger partial charge in [-0.15, -0.1) is 0 Å². The topological polar surface area (TPSA) is 64.7 Å². The van der Waals surface area contributed by atoms with Gasteiger partial charge >= 0.3 is 0 Å². The summed E-state index contributed by atoms with van der Waals surface area (Å²) in [7, 11) is 0. The molecule has 1 aliphatic carbocycles. The fourth-order valence-electron chi connectivity index (χ4n) is 3.35. The van der Waals surface area contributed by atoms with Gasteiger partial charge in [0, 0.05) is 32.2 Å². The summed E-state index contributed by atoms with van der Waals surface area (Å²) in [4.78, 5) is 28.9.